The maximum atomic E-state index is 13.1. The van der Waals surface area contributed by atoms with Crippen LogP contribution >= 0.6 is 15.6 Å². The highest BCUT2D eigenvalue weighted by Crippen LogP contribution is 2.45. The Labute approximate surface area is 605 Å². The summed E-state index contributed by atoms with van der Waals surface area (Å²) in [6.45, 7) is 4.46. The monoisotopic (exact) mass is 1440 g/mol. The Morgan fingerprint density at radius 1 is 0.290 bits per heavy atom. The number of ether oxygens (including phenoxy) is 4. The summed E-state index contributed by atoms with van der Waals surface area (Å²) in [4.78, 5) is 72.9. The lowest BCUT2D eigenvalue weighted by atomic mass is 10.1. The van der Waals surface area contributed by atoms with Crippen LogP contribution in [0, 0.1) is 0 Å². The molecule has 0 aromatic heterocycles. The fourth-order valence-corrected chi connectivity index (χ4v) is 11.3. The highest BCUT2D eigenvalue weighted by Gasteiger charge is 2.30. The van der Waals surface area contributed by atoms with E-state index in [4.69, 9.17) is 37.0 Å². The number of unbranched alkanes of at least 4 members (excludes halogenated alkanes) is 23. The van der Waals surface area contributed by atoms with Crippen LogP contribution in [-0.2, 0) is 65.4 Å². The van der Waals surface area contributed by atoms with Crippen molar-refractivity contribution in [2.45, 2.75) is 316 Å². The first-order valence-electron chi connectivity index (χ1n) is 38.4. The lowest BCUT2D eigenvalue weighted by Crippen LogP contribution is -2.30. The number of phosphoric acid groups is 2. The number of aliphatic hydroxyl groups is 1. The van der Waals surface area contributed by atoms with Gasteiger partial charge in [-0.15, -0.1) is 0 Å². The molecule has 0 aromatic rings. The molecule has 0 spiro atoms. The minimum atomic E-state index is -4.99. The van der Waals surface area contributed by atoms with Crippen LogP contribution in [0.15, 0.2) is 134 Å². The molecule has 0 saturated heterocycles. The molecule has 3 N–H and O–H groups in total. The second-order valence-corrected chi connectivity index (χ2v) is 28.1. The molecule has 5 unspecified atom stereocenters. The van der Waals surface area contributed by atoms with E-state index >= 15 is 0 Å². The predicted octanol–water partition coefficient (Wildman–Crippen LogP) is 22.1. The third kappa shape index (κ3) is 71.6. The van der Waals surface area contributed by atoms with Gasteiger partial charge in [0.05, 0.1) is 26.4 Å². The van der Waals surface area contributed by atoms with Crippen LogP contribution in [-0.4, -0.2) is 96.7 Å². The van der Waals surface area contributed by atoms with Crippen molar-refractivity contribution in [3.05, 3.63) is 134 Å². The highest BCUT2D eigenvalue weighted by atomic mass is 31.2. The Hall–Kier alpha value is -4.80. The van der Waals surface area contributed by atoms with Crippen LogP contribution < -0.4 is 0 Å². The van der Waals surface area contributed by atoms with Gasteiger partial charge in [-0.1, -0.05) is 251 Å². The number of carbonyl (C=O) groups is 4. The minimum absolute atomic E-state index is 0.0367. The van der Waals surface area contributed by atoms with E-state index in [2.05, 4.69) is 161 Å². The van der Waals surface area contributed by atoms with Crippen molar-refractivity contribution in [2.75, 3.05) is 39.6 Å². The fraction of sp³-hybridized carbons (Fsp3) is 0.679. The average molecular weight is 1440 g/mol. The average Bonchev–Trinajstić information content (AvgIpc) is 0.932. The number of carbonyl (C=O) groups excluding carboxylic acids is 4. The number of allylic oxidation sites excluding steroid dienone is 22. The Balaban J connectivity index is 5.41. The Bertz CT molecular complexity index is 2420. The molecule has 5 atom stereocenters. The van der Waals surface area contributed by atoms with E-state index in [0.717, 1.165) is 193 Å². The van der Waals surface area contributed by atoms with Gasteiger partial charge in [-0.25, -0.2) is 9.13 Å². The topological polar surface area (TPSA) is 237 Å². The van der Waals surface area contributed by atoms with Crippen molar-refractivity contribution in [3.8, 4) is 0 Å². The van der Waals surface area contributed by atoms with Crippen LogP contribution in [0.3, 0.4) is 0 Å². The van der Waals surface area contributed by atoms with Gasteiger partial charge in [-0.05, 0) is 154 Å². The van der Waals surface area contributed by atoms with E-state index in [0.29, 0.717) is 32.1 Å². The first-order valence-corrected chi connectivity index (χ1v) is 41.4. The molecule has 100 heavy (non-hydrogen) atoms. The molecule has 0 heterocycles. The summed E-state index contributed by atoms with van der Waals surface area (Å²) in [5.74, 6) is -2.27. The number of rotatable bonds is 71. The van der Waals surface area contributed by atoms with Gasteiger partial charge in [0.15, 0.2) is 12.2 Å². The zero-order valence-corrected chi connectivity index (χ0v) is 64.1. The summed E-state index contributed by atoms with van der Waals surface area (Å²) in [7, 11) is -9.98. The van der Waals surface area contributed by atoms with E-state index in [9.17, 15) is 43.2 Å². The SMILES string of the molecule is CC/C=C\C/C=C\C/C=C\C/C=C\CCCCC(=O)OC(COC(=O)CCCCCCCCC/C=C\C/C=C\C/C=C\CC)COP(=O)(O)OCC(O)COP(=O)(O)OCC(COC(=O)CCCCCCC/C=C\C/C=C\CCCCC)OC(=O)CCCCCCC/C=C\C/C=C\CCC. The molecule has 17 nitrogen and oxygen atoms in total. The molecule has 0 aromatic carbocycles. The molecule has 0 fully saturated rings. The standard InChI is InChI=1S/C81H136O17P2/c1-5-9-13-17-21-25-29-33-36-37-40-43-46-50-54-58-62-66-79(84)92-72-77(98-81(86)68-64-60-56-52-48-44-39-35-31-27-23-19-15-11-7-3)74-96-100(89,90)94-70-75(82)69-93-99(87,88)95-73-76(97-80(85)67-63-59-55-51-47-41-32-28-24-20-16-12-8-4)71-91-78(83)65-61-57-53-49-45-42-38-34-30-26-22-18-14-10-6-2/h9,11,13,15-16,20-23,25-28,32-36,38-39,48,52,75-77,82H,5-8,10,12,14,17-19,24,29-31,37,40-47,49-51,53-74H2,1-4H3,(H,87,88)(H,89,90)/b13-9-,15-11-,20-16-,25-21-,26-22-,27-23-,32-28-,36-33-,38-34-,39-35-,52-48-. The van der Waals surface area contributed by atoms with Crippen molar-refractivity contribution in [3.63, 3.8) is 0 Å². The molecule has 0 aliphatic rings. The molecule has 0 saturated carbocycles. The quantitative estimate of drug-likeness (QED) is 0.0169. The van der Waals surface area contributed by atoms with Gasteiger partial charge in [0.1, 0.15) is 19.3 Å². The summed E-state index contributed by atoms with van der Waals surface area (Å²) in [5, 5.41) is 10.6. The smallest absolute Gasteiger partial charge is 0.462 e. The van der Waals surface area contributed by atoms with Gasteiger partial charge in [0.2, 0.25) is 0 Å². The number of aliphatic hydroxyl groups excluding tert-OH is 1. The fourth-order valence-electron chi connectivity index (χ4n) is 9.76. The molecule has 0 bridgehead atoms. The van der Waals surface area contributed by atoms with Crippen LogP contribution in [0.4, 0.5) is 0 Å². The summed E-state index contributed by atoms with van der Waals surface area (Å²) in [6, 6.07) is 0. The Kier molecular flexibility index (Phi) is 69.1. The van der Waals surface area contributed by atoms with Crippen LogP contribution in [0.5, 0.6) is 0 Å². The van der Waals surface area contributed by atoms with Crippen molar-refractivity contribution in [1.82, 2.24) is 0 Å². The van der Waals surface area contributed by atoms with Gasteiger partial charge >= 0.3 is 39.5 Å². The Morgan fingerprint density at radius 2 is 0.540 bits per heavy atom. The number of phosphoric ester groups is 2. The van der Waals surface area contributed by atoms with Gasteiger partial charge in [-0.2, -0.15) is 0 Å². The summed E-state index contributed by atoms with van der Waals surface area (Å²) in [6.07, 6.45) is 80.1. The molecule has 0 aliphatic heterocycles. The van der Waals surface area contributed by atoms with Gasteiger partial charge < -0.3 is 33.8 Å². The summed E-state index contributed by atoms with van der Waals surface area (Å²) < 4.78 is 68.4. The zero-order valence-electron chi connectivity index (χ0n) is 62.3. The number of hydrogen-bond donors (Lipinski definition) is 3. The minimum Gasteiger partial charge on any atom is -0.462 e. The van der Waals surface area contributed by atoms with Crippen molar-refractivity contribution < 1.29 is 80.2 Å². The van der Waals surface area contributed by atoms with Gasteiger partial charge in [0, 0.05) is 25.7 Å². The predicted molar refractivity (Wildman–Crippen MR) is 408 cm³/mol. The van der Waals surface area contributed by atoms with Crippen molar-refractivity contribution in [1.29, 1.82) is 0 Å². The molecular formula is C81H136O17P2. The lowest BCUT2D eigenvalue weighted by molar-refractivity contribution is -0.161. The number of esters is 4. The third-order valence-corrected chi connectivity index (χ3v) is 17.5. The van der Waals surface area contributed by atoms with Crippen LogP contribution in [0.1, 0.15) is 297 Å². The Morgan fingerprint density at radius 3 is 0.860 bits per heavy atom. The van der Waals surface area contributed by atoms with Crippen molar-refractivity contribution >= 4 is 39.5 Å². The van der Waals surface area contributed by atoms with E-state index in [1.54, 1.807) is 0 Å². The van der Waals surface area contributed by atoms with Gasteiger partial charge in [-0.3, -0.25) is 37.3 Å². The van der Waals surface area contributed by atoms with E-state index in [-0.39, 0.29) is 25.7 Å². The van der Waals surface area contributed by atoms with E-state index in [1.165, 1.54) is 19.3 Å². The lowest BCUT2D eigenvalue weighted by Gasteiger charge is -2.21. The van der Waals surface area contributed by atoms with E-state index in [1.807, 2.05) is 0 Å². The molecule has 0 radical (unpaired) electrons. The molecule has 572 valence electrons. The first-order chi connectivity index (χ1) is 48.7. The molecule has 0 rings (SSSR count). The highest BCUT2D eigenvalue weighted by molar-refractivity contribution is 7.47. The van der Waals surface area contributed by atoms with E-state index < -0.39 is 97.5 Å². The van der Waals surface area contributed by atoms with Gasteiger partial charge in [0.25, 0.3) is 0 Å². The maximum absolute atomic E-state index is 13.1. The number of hydrogen-bond acceptors (Lipinski definition) is 15. The first kappa shape index (κ1) is 95.2. The molecule has 0 amide bonds. The second kappa shape index (κ2) is 72.5. The van der Waals surface area contributed by atoms with Crippen LogP contribution in [0.25, 0.3) is 0 Å². The maximum Gasteiger partial charge on any atom is 0.472 e. The molecular weight excluding hydrogens is 1310 g/mol. The summed E-state index contributed by atoms with van der Waals surface area (Å²) in [5.41, 5.74) is 0. The molecule has 0 aliphatic carbocycles. The summed E-state index contributed by atoms with van der Waals surface area (Å²) >= 11 is 0. The molecule has 19 heteroatoms. The zero-order chi connectivity index (χ0) is 73.2. The van der Waals surface area contributed by atoms with Crippen molar-refractivity contribution in [2.24, 2.45) is 0 Å². The third-order valence-electron chi connectivity index (χ3n) is 15.6. The normalized spacial score (nSPS) is 14.7. The largest absolute Gasteiger partial charge is 0.472 e. The second-order valence-electron chi connectivity index (χ2n) is 25.2. The van der Waals surface area contributed by atoms with Crippen LogP contribution in [0.2, 0.25) is 0 Å².